The Morgan fingerprint density at radius 3 is 2.88 bits per heavy atom. The van der Waals surface area contributed by atoms with Crippen LogP contribution in [0.4, 0.5) is 5.00 Å². The Hall–Kier alpha value is -1.47. The van der Waals surface area contributed by atoms with E-state index in [-0.39, 0.29) is 17.0 Å². The molecule has 1 aromatic heterocycles. The van der Waals surface area contributed by atoms with E-state index >= 15 is 0 Å². The summed E-state index contributed by atoms with van der Waals surface area (Å²) in [7, 11) is 0. The third kappa shape index (κ3) is 4.12. The predicted molar refractivity (Wildman–Crippen MR) is 66.4 cm³/mol. The van der Waals surface area contributed by atoms with Crippen LogP contribution in [0.3, 0.4) is 0 Å². The van der Waals surface area contributed by atoms with E-state index in [1.807, 2.05) is 13.8 Å². The Kier molecular flexibility index (Phi) is 5.05. The summed E-state index contributed by atoms with van der Waals surface area (Å²) in [6.45, 7) is 5.28. The number of hydrogen-bond donors (Lipinski definition) is 2. The second-order valence-electron chi connectivity index (χ2n) is 3.60. The lowest BCUT2D eigenvalue weighted by Gasteiger charge is -2.12. The normalized spacial score (nSPS) is 12.1. The van der Waals surface area contributed by atoms with Crippen LogP contribution < -0.4 is 10.6 Å². The van der Waals surface area contributed by atoms with Gasteiger partial charge in [-0.2, -0.15) is 0 Å². The summed E-state index contributed by atoms with van der Waals surface area (Å²) < 4.78 is 0. The van der Waals surface area contributed by atoms with Crippen molar-refractivity contribution >= 4 is 22.2 Å². The fourth-order valence-electron chi connectivity index (χ4n) is 1.31. The molecule has 0 aliphatic carbocycles. The molecular formula is C10H15N3O3S. The van der Waals surface area contributed by atoms with Crippen molar-refractivity contribution in [1.82, 2.24) is 10.6 Å². The molecule has 17 heavy (non-hydrogen) atoms. The van der Waals surface area contributed by atoms with Crippen LogP contribution in [0.15, 0.2) is 11.4 Å². The lowest BCUT2D eigenvalue weighted by molar-refractivity contribution is -0.380. The fraction of sp³-hybridized carbons (Fsp3) is 0.500. The van der Waals surface area contributed by atoms with E-state index in [2.05, 4.69) is 10.6 Å². The number of rotatable bonds is 6. The molecule has 0 bridgehead atoms. The largest absolute Gasteiger partial charge is 0.350 e. The molecule has 0 unspecified atom stereocenters. The summed E-state index contributed by atoms with van der Waals surface area (Å²) in [6.07, 6.45) is 0. The first-order valence-electron chi connectivity index (χ1n) is 5.29. The van der Waals surface area contributed by atoms with Crippen LogP contribution in [-0.4, -0.2) is 30.0 Å². The minimum atomic E-state index is -0.497. The highest BCUT2D eigenvalue weighted by Gasteiger charge is 2.15. The van der Waals surface area contributed by atoms with E-state index in [0.717, 1.165) is 17.9 Å². The molecule has 2 N–H and O–H groups in total. The number of amides is 1. The van der Waals surface area contributed by atoms with Crippen molar-refractivity contribution in [3.05, 3.63) is 27.1 Å². The zero-order valence-electron chi connectivity index (χ0n) is 9.73. The molecule has 1 aromatic rings. The van der Waals surface area contributed by atoms with Gasteiger partial charge < -0.3 is 10.6 Å². The van der Waals surface area contributed by atoms with E-state index in [1.165, 1.54) is 11.4 Å². The molecule has 6 nitrogen and oxygen atoms in total. The van der Waals surface area contributed by atoms with Crippen LogP contribution in [0.5, 0.6) is 0 Å². The number of likely N-dealkylation sites (N-methyl/N-ethyl adjacent to an activating group) is 1. The number of nitrogens with zero attached hydrogens (tertiary/aromatic N) is 1. The zero-order valence-corrected chi connectivity index (χ0v) is 10.5. The van der Waals surface area contributed by atoms with Gasteiger partial charge in [-0.25, -0.2) is 0 Å². The van der Waals surface area contributed by atoms with Crippen molar-refractivity contribution in [2.45, 2.75) is 19.9 Å². The lowest BCUT2D eigenvalue weighted by Crippen LogP contribution is -2.38. The van der Waals surface area contributed by atoms with Gasteiger partial charge in [-0.05, 0) is 13.5 Å². The smallest absolute Gasteiger partial charge is 0.324 e. The molecule has 0 aliphatic heterocycles. The van der Waals surface area contributed by atoms with Crippen LogP contribution >= 0.6 is 11.3 Å². The molecule has 0 radical (unpaired) electrons. The van der Waals surface area contributed by atoms with E-state index < -0.39 is 4.92 Å². The quantitative estimate of drug-likeness (QED) is 0.595. The standard InChI is InChI=1S/C10H15N3O3S/c1-3-11-7(2)5-12-10(14)8-4-9(13(15)16)17-6-8/h4,6-7,11H,3,5H2,1-2H3,(H,12,14)/t7-/m1/s1. The molecule has 94 valence electrons. The maximum atomic E-state index is 11.6. The van der Waals surface area contributed by atoms with Crippen molar-refractivity contribution in [2.75, 3.05) is 13.1 Å². The van der Waals surface area contributed by atoms with E-state index in [0.29, 0.717) is 12.1 Å². The first-order valence-corrected chi connectivity index (χ1v) is 6.17. The number of nitro groups is 1. The molecule has 1 heterocycles. The topological polar surface area (TPSA) is 84.3 Å². The van der Waals surface area contributed by atoms with Gasteiger partial charge in [-0.1, -0.05) is 18.3 Å². The lowest BCUT2D eigenvalue weighted by atomic mass is 10.3. The van der Waals surface area contributed by atoms with Gasteiger partial charge >= 0.3 is 5.00 Å². The summed E-state index contributed by atoms with van der Waals surface area (Å²) in [5, 5.41) is 17.8. The monoisotopic (exact) mass is 257 g/mol. The number of carbonyl (C=O) groups is 1. The molecule has 7 heteroatoms. The summed E-state index contributed by atoms with van der Waals surface area (Å²) in [4.78, 5) is 21.6. The third-order valence-electron chi connectivity index (χ3n) is 2.15. The van der Waals surface area contributed by atoms with Crippen LogP contribution in [0.1, 0.15) is 24.2 Å². The van der Waals surface area contributed by atoms with Crippen molar-refractivity contribution < 1.29 is 9.72 Å². The maximum Gasteiger partial charge on any atom is 0.324 e. The van der Waals surface area contributed by atoms with E-state index in [4.69, 9.17) is 0 Å². The van der Waals surface area contributed by atoms with Gasteiger partial charge in [0, 0.05) is 24.0 Å². The molecule has 0 fully saturated rings. The summed E-state index contributed by atoms with van der Waals surface area (Å²) in [5.74, 6) is -0.279. The molecule has 1 amide bonds. The Labute approximate surface area is 103 Å². The molecule has 0 aromatic carbocycles. The number of hydrogen-bond acceptors (Lipinski definition) is 5. The van der Waals surface area contributed by atoms with Crippen molar-refractivity contribution in [2.24, 2.45) is 0 Å². The predicted octanol–water partition coefficient (Wildman–Crippen LogP) is 1.38. The summed E-state index contributed by atoms with van der Waals surface area (Å²) in [5.41, 5.74) is 0.338. The van der Waals surface area contributed by atoms with Crippen molar-refractivity contribution in [1.29, 1.82) is 0 Å². The van der Waals surface area contributed by atoms with Crippen LogP contribution in [-0.2, 0) is 0 Å². The minimum Gasteiger partial charge on any atom is -0.350 e. The molecule has 0 saturated carbocycles. The van der Waals surface area contributed by atoms with Gasteiger partial charge in [-0.3, -0.25) is 14.9 Å². The van der Waals surface area contributed by atoms with Gasteiger partial charge in [0.25, 0.3) is 5.91 Å². The van der Waals surface area contributed by atoms with Gasteiger partial charge in [0.15, 0.2) is 0 Å². The fourth-order valence-corrected chi connectivity index (χ4v) is 2.01. The van der Waals surface area contributed by atoms with Gasteiger partial charge in [-0.15, -0.1) is 0 Å². The number of thiophene rings is 1. The number of carbonyl (C=O) groups excluding carboxylic acids is 1. The Bertz CT molecular complexity index is 405. The summed E-state index contributed by atoms with van der Waals surface area (Å²) >= 11 is 0.955. The molecule has 1 atom stereocenters. The van der Waals surface area contributed by atoms with Crippen LogP contribution in [0, 0.1) is 10.1 Å². The maximum absolute atomic E-state index is 11.6. The molecule has 1 rings (SSSR count). The zero-order chi connectivity index (χ0) is 12.8. The summed E-state index contributed by atoms with van der Waals surface area (Å²) in [6, 6.07) is 1.47. The highest BCUT2D eigenvalue weighted by Crippen LogP contribution is 2.22. The van der Waals surface area contributed by atoms with Crippen LogP contribution in [0.25, 0.3) is 0 Å². The van der Waals surface area contributed by atoms with Crippen molar-refractivity contribution in [3.8, 4) is 0 Å². The third-order valence-corrected chi connectivity index (χ3v) is 3.03. The SMILES string of the molecule is CCN[C@H](C)CNC(=O)c1csc([N+](=O)[O-])c1. The van der Waals surface area contributed by atoms with Gasteiger partial charge in [0.1, 0.15) is 0 Å². The van der Waals surface area contributed by atoms with E-state index in [9.17, 15) is 14.9 Å². The second-order valence-corrected chi connectivity index (χ2v) is 4.49. The molecule has 0 spiro atoms. The van der Waals surface area contributed by atoms with E-state index in [1.54, 1.807) is 0 Å². The Morgan fingerprint density at radius 1 is 1.65 bits per heavy atom. The highest BCUT2D eigenvalue weighted by molar-refractivity contribution is 7.13. The van der Waals surface area contributed by atoms with Gasteiger partial charge in [0.05, 0.1) is 10.5 Å². The van der Waals surface area contributed by atoms with Gasteiger partial charge in [0.2, 0.25) is 0 Å². The average Bonchev–Trinajstić information content (AvgIpc) is 2.75. The molecule has 0 saturated heterocycles. The minimum absolute atomic E-state index is 0.0186. The average molecular weight is 257 g/mol. The Morgan fingerprint density at radius 2 is 2.35 bits per heavy atom. The number of nitrogens with one attached hydrogen (secondary N) is 2. The second kappa shape index (κ2) is 6.31. The van der Waals surface area contributed by atoms with Crippen molar-refractivity contribution in [3.63, 3.8) is 0 Å². The Balaban J connectivity index is 2.49. The first kappa shape index (κ1) is 13.6. The molecule has 0 aliphatic rings. The molecular weight excluding hydrogens is 242 g/mol. The van der Waals surface area contributed by atoms with Crippen LogP contribution in [0.2, 0.25) is 0 Å². The first-order chi connectivity index (χ1) is 8.04. The highest BCUT2D eigenvalue weighted by atomic mass is 32.1.